The van der Waals surface area contributed by atoms with Crippen molar-refractivity contribution >= 4 is 106 Å². The second-order valence-electron chi connectivity index (χ2n) is 31.3. The largest absolute Gasteiger partial charge is 0.508 e. The number of amides is 10. The fraction of sp³-hybridized carbons (Fsp3) is 0.381. The van der Waals surface area contributed by atoms with E-state index in [0.29, 0.717) is 10.6 Å². The minimum atomic E-state index is -2.42. The van der Waals surface area contributed by atoms with Crippen LogP contribution in [0.3, 0.4) is 0 Å². The Balaban J connectivity index is 0.998. The number of hydrogen-bond donors (Lipinski definition) is 21. The standard InChI is InChI=1S/C84H93Cl3N14O27/c1-35(2)23-48(89-5)75(114)98-66-68(109)39-11-16-52(46(86)25-39)124-54-27-41-28-55(72(54)128-82-73(71(112)70(111)56(33-102)126-82)127-61-32-84(4,74(113)36(3)123-61)91-20-22-101-21-19-58(94-83(101)121)93-59(107)18-9-37-7-13-42(85)14-8-37)125-53-17-12-40(26-47(53)87)69(110)67-80(119)97-65(81(120)100-122-34-60(108)90-6)45-29-43(103)30-51(105)62(45)44-24-38(10-15-50(44)104)63(77(116)99-67)96-78(117)64(41)95-76(115)49(31-57(88)106)92-79(66)118/h7-19,21,24-30,35-36,48-49,56,61,63-71,73-74,82,89,91,102-105,109-113H,20,22-23,31-34H2,1-6H3,(H2,88,106)(H,90,108)(H,92,118)(H,95,115)(H,96,117)(H,97,119)(H,98,114)(H,99,116)(H,100,120)(H,93,94,107,121)/b18-9+/t36-,48+,49-,56+,61-,63+,64+,65+,66+,67-,68+,69+,70+,71-,73+,74+,82-,84-/m0/s1. The van der Waals surface area contributed by atoms with Crippen molar-refractivity contribution in [3.05, 3.63) is 180 Å². The van der Waals surface area contributed by atoms with Gasteiger partial charge in [-0.05, 0) is 145 Å². The zero-order chi connectivity index (χ0) is 92.6. The van der Waals surface area contributed by atoms with E-state index in [-0.39, 0.29) is 48.8 Å². The van der Waals surface area contributed by atoms with Gasteiger partial charge in [0.15, 0.2) is 30.5 Å². The van der Waals surface area contributed by atoms with Gasteiger partial charge in [-0.2, -0.15) is 4.98 Å². The number of nitrogens with zero attached hydrogens (tertiary/aromatic N) is 2. The lowest BCUT2D eigenvalue weighted by Crippen LogP contribution is -2.65. The third-order valence-corrected chi connectivity index (χ3v) is 22.6. The molecule has 2 saturated heterocycles. The van der Waals surface area contributed by atoms with Gasteiger partial charge in [0.25, 0.3) is 5.91 Å². The van der Waals surface area contributed by atoms with Gasteiger partial charge < -0.3 is 133 Å². The maximum atomic E-state index is 16.4. The lowest BCUT2D eigenvalue weighted by atomic mass is 9.85. The van der Waals surface area contributed by atoms with Gasteiger partial charge in [0.1, 0.15) is 101 Å². The minimum Gasteiger partial charge on any atom is -0.508 e. The predicted octanol–water partition coefficient (Wildman–Crippen LogP) is 1.01. The van der Waals surface area contributed by atoms with E-state index >= 15 is 24.0 Å². The Morgan fingerprint density at radius 2 is 1.37 bits per heavy atom. The van der Waals surface area contributed by atoms with Crippen LogP contribution in [0.4, 0.5) is 5.82 Å². The van der Waals surface area contributed by atoms with Gasteiger partial charge >= 0.3 is 5.69 Å². The summed E-state index contributed by atoms with van der Waals surface area (Å²) >= 11 is 20.4. The number of anilines is 1. The summed E-state index contributed by atoms with van der Waals surface area (Å²) in [5.74, 6) is -17.5. The molecular weight excluding hydrogens is 1740 g/mol. The van der Waals surface area contributed by atoms with Gasteiger partial charge in [0.05, 0.1) is 41.3 Å². The highest BCUT2D eigenvalue weighted by atomic mass is 35.5. The van der Waals surface area contributed by atoms with E-state index in [1.165, 1.54) is 62.1 Å². The van der Waals surface area contributed by atoms with Gasteiger partial charge in [0, 0.05) is 66.6 Å². The molecule has 0 unspecified atom stereocenters. The van der Waals surface area contributed by atoms with Gasteiger partial charge in [-0.1, -0.05) is 79.0 Å². The third-order valence-electron chi connectivity index (χ3n) is 21.7. The molecule has 11 bridgehead atoms. The Kier molecular flexibility index (Phi) is 30.3. The number of carbonyl (C=O) groups is 10. The quantitative estimate of drug-likeness (QED) is 0.0314. The van der Waals surface area contributed by atoms with Crippen molar-refractivity contribution in [3.63, 3.8) is 0 Å². The fourth-order valence-corrected chi connectivity index (χ4v) is 15.6. The number of fused-ring (bicyclic) bond motifs is 15. The molecule has 0 spiro atoms. The molecule has 14 rings (SSSR count). The molecule has 1 aromatic heterocycles. The zero-order valence-electron chi connectivity index (χ0n) is 68.9. The molecule has 7 aromatic rings. The van der Waals surface area contributed by atoms with Gasteiger partial charge in [0.2, 0.25) is 65.2 Å². The van der Waals surface area contributed by atoms with Crippen molar-refractivity contribution < 1.29 is 127 Å². The number of benzene rings is 6. The normalized spacial score (nSPS) is 25.6. The lowest BCUT2D eigenvalue weighted by molar-refractivity contribution is -0.334. The number of aliphatic hydroxyl groups is 6. The highest BCUT2D eigenvalue weighted by molar-refractivity contribution is 6.32. The van der Waals surface area contributed by atoms with Crippen molar-refractivity contribution in [3.8, 4) is 57.1 Å². The smallest absolute Gasteiger partial charge is 0.349 e. The van der Waals surface area contributed by atoms with Crippen LogP contribution >= 0.6 is 34.8 Å². The number of likely N-dealkylation sites (N-methyl/N-ethyl adjacent to an activating group) is 2. The van der Waals surface area contributed by atoms with Crippen molar-refractivity contribution in [2.24, 2.45) is 11.7 Å². The molecule has 682 valence electrons. The van der Waals surface area contributed by atoms with Crippen LogP contribution in [0.15, 0.2) is 126 Å². The van der Waals surface area contributed by atoms with Gasteiger partial charge in [-0.3, -0.25) is 57.4 Å². The van der Waals surface area contributed by atoms with Crippen molar-refractivity contribution in [1.29, 1.82) is 0 Å². The fourth-order valence-electron chi connectivity index (χ4n) is 15.0. The average molecular weight is 1840 g/mol. The van der Waals surface area contributed by atoms with E-state index in [1.54, 1.807) is 45.0 Å². The summed E-state index contributed by atoms with van der Waals surface area (Å²) in [6.07, 6.45) is -15.5. The number of aromatic hydroxyl groups is 3. The number of ether oxygens (including phenoxy) is 6. The van der Waals surface area contributed by atoms with Crippen LogP contribution in [0.5, 0.6) is 46.0 Å². The molecule has 128 heavy (non-hydrogen) atoms. The first-order chi connectivity index (χ1) is 60.8. The number of nitrogens with two attached hydrogens (primary N) is 1. The number of aliphatic hydroxyl groups excluding tert-OH is 6. The monoisotopic (exact) mass is 1830 g/mol. The van der Waals surface area contributed by atoms with Crippen LogP contribution in [0.2, 0.25) is 15.1 Å². The first kappa shape index (κ1) is 94.9. The van der Waals surface area contributed by atoms with E-state index < -0.39 is 277 Å². The Bertz CT molecular complexity index is 5500. The molecule has 10 amide bonds. The van der Waals surface area contributed by atoms with Crippen molar-refractivity contribution in [2.45, 2.75) is 163 Å². The molecular formula is C84H93Cl3N14O27. The average Bonchev–Trinajstić information content (AvgIpc) is 0.759. The number of hydroxylamine groups is 1. The number of hydrogen-bond acceptors (Lipinski definition) is 30. The maximum Gasteiger partial charge on any atom is 0.349 e. The van der Waals surface area contributed by atoms with Crippen LogP contribution in [0.1, 0.15) is 111 Å². The minimum absolute atomic E-state index is 0.0422. The summed E-state index contributed by atoms with van der Waals surface area (Å²) < 4.78 is 40.6. The maximum absolute atomic E-state index is 16.4. The summed E-state index contributed by atoms with van der Waals surface area (Å²) in [5.41, 5.74) is 3.32. The molecule has 2 fully saturated rings. The predicted molar refractivity (Wildman–Crippen MR) is 451 cm³/mol. The first-order valence-electron chi connectivity index (χ1n) is 40.0. The molecule has 6 aromatic carbocycles. The van der Waals surface area contributed by atoms with E-state index in [9.17, 15) is 74.7 Å². The molecule has 0 radical (unpaired) electrons. The van der Waals surface area contributed by atoms with E-state index in [2.05, 4.69) is 58.2 Å². The highest BCUT2D eigenvalue weighted by Crippen LogP contribution is 2.50. The van der Waals surface area contributed by atoms with Crippen LogP contribution < -0.4 is 84.3 Å². The summed E-state index contributed by atoms with van der Waals surface area (Å²) in [5, 5.41) is 132. The lowest BCUT2D eigenvalue weighted by Gasteiger charge is -2.48. The van der Waals surface area contributed by atoms with Crippen molar-refractivity contribution in [1.82, 2.24) is 62.9 Å². The van der Waals surface area contributed by atoms with E-state index in [0.717, 1.165) is 66.7 Å². The number of phenols is 3. The molecule has 18 atom stereocenters. The number of rotatable bonds is 23. The Labute approximate surface area is 743 Å². The number of nitrogens with one attached hydrogen (secondary N) is 11. The zero-order valence-corrected chi connectivity index (χ0v) is 71.2. The number of phenolic OH excluding ortho intramolecular Hbond substituents is 3. The molecule has 7 aliphatic heterocycles. The summed E-state index contributed by atoms with van der Waals surface area (Å²) in [6.45, 7) is 4.74. The highest BCUT2D eigenvalue weighted by Gasteiger charge is 2.52. The van der Waals surface area contributed by atoms with Gasteiger partial charge in [-0.15, -0.1) is 0 Å². The molecule has 44 heteroatoms. The molecule has 7 aliphatic rings. The molecule has 22 N–H and O–H groups in total. The second-order valence-corrected chi connectivity index (χ2v) is 32.6. The van der Waals surface area contributed by atoms with Gasteiger partial charge in [-0.25, -0.2) is 10.3 Å². The number of carbonyl (C=O) groups excluding carboxylic acids is 10. The topological polar surface area (TPSA) is 611 Å². The molecule has 8 heterocycles. The number of aromatic nitrogens is 2. The molecule has 41 nitrogen and oxygen atoms in total. The van der Waals surface area contributed by atoms with Crippen LogP contribution in [0.25, 0.3) is 17.2 Å². The Morgan fingerprint density at radius 1 is 0.719 bits per heavy atom. The van der Waals surface area contributed by atoms with E-state index in [1.807, 2.05) is 5.48 Å². The summed E-state index contributed by atoms with van der Waals surface area (Å²) in [6, 6.07) is 7.02. The summed E-state index contributed by atoms with van der Waals surface area (Å²) in [7, 11) is 2.71. The third kappa shape index (κ3) is 22.0. The Hall–Kier alpha value is -12.2. The van der Waals surface area contributed by atoms with Crippen LogP contribution in [-0.2, 0) is 73.5 Å². The number of halogens is 3. The second kappa shape index (κ2) is 40.9. The SMILES string of the molecule is CNC(=O)CONC(=O)[C@@H]1NC(=O)[C@H]2NC(=O)[C@H](NC(=O)[C@@H]3NC(=O)[C@H](CC(N)=O)NC(=O)[C@H](NC(=O)[C@@H](CC(C)C)NC)[C@H](O)c4ccc(c(Cl)c4)Oc4cc3cc(c4O[C@@H]3O[C@H](CO)[C@@H](O)[C@H](O)[C@H]3O[C@H]3C[C@](C)(NCCn4ccc(NC(=O)/C=C/c5ccc(Cl)cc5)nc4=O)[C@H](O)[C@H](C)O3)Oc3ccc(cc3Cl)[C@H]2O)c2ccc(O)c(c2)-c2c(O)cc(O)cc21. The van der Waals surface area contributed by atoms with Crippen molar-refractivity contribution in [2.75, 3.05) is 39.2 Å². The molecule has 0 saturated carbocycles. The van der Waals surface area contributed by atoms with E-state index in [4.69, 9.17) is 73.8 Å². The molecule has 0 aliphatic carbocycles. The van der Waals surface area contributed by atoms with Crippen LogP contribution in [-0.4, -0.2) is 227 Å². The number of primary amides is 1. The van der Waals surface area contributed by atoms with Crippen LogP contribution in [0, 0.1) is 5.92 Å². The Morgan fingerprint density at radius 3 is 2.00 bits per heavy atom. The summed E-state index contributed by atoms with van der Waals surface area (Å²) in [4.78, 5) is 168. The first-order valence-corrected chi connectivity index (χ1v) is 41.1.